The summed E-state index contributed by atoms with van der Waals surface area (Å²) < 4.78 is 7.13. The van der Waals surface area contributed by atoms with Crippen LogP contribution in [0.4, 0.5) is 4.79 Å². The second-order valence-corrected chi connectivity index (χ2v) is 5.47. The molecule has 1 amide bonds. The van der Waals surface area contributed by atoms with E-state index in [0.717, 1.165) is 11.3 Å². The first kappa shape index (κ1) is 14.1. The van der Waals surface area contributed by atoms with Crippen molar-refractivity contribution in [2.45, 2.75) is 39.5 Å². The zero-order valence-electron chi connectivity index (χ0n) is 11.9. The van der Waals surface area contributed by atoms with E-state index in [9.17, 15) is 4.79 Å². The van der Waals surface area contributed by atoms with Gasteiger partial charge in [-0.25, -0.2) is 9.78 Å². The molecule has 0 atom stereocenters. The third kappa shape index (κ3) is 4.11. The monoisotopic (exact) mass is 277 g/mol. The summed E-state index contributed by atoms with van der Waals surface area (Å²) in [7, 11) is 0. The van der Waals surface area contributed by atoms with Gasteiger partial charge >= 0.3 is 6.09 Å². The Bertz CT molecular complexity index is 554. The fourth-order valence-corrected chi connectivity index (χ4v) is 1.68. The number of hydrogen-bond acceptors (Lipinski definition) is 4. The van der Waals surface area contributed by atoms with Crippen LogP contribution in [-0.4, -0.2) is 31.4 Å². The number of carbonyl (C=O) groups excluding carboxylic acids is 1. The first-order valence-electron chi connectivity index (χ1n) is 6.37. The second-order valence-electron chi connectivity index (χ2n) is 5.47. The molecule has 2 aromatic rings. The third-order valence-corrected chi connectivity index (χ3v) is 2.52. The van der Waals surface area contributed by atoms with E-state index in [-0.39, 0.29) is 0 Å². The molecule has 0 saturated carbocycles. The molecule has 0 fully saturated rings. The number of alkyl carbamates (subject to hydrolysis) is 1. The molecule has 7 heteroatoms. The molecule has 0 aromatic carbocycles. The molecule has 2 N–H and O–H groups in total. The molecule has 0 unspecified atom stereocenters. The minimum absolute atomic E-state index is 0.368. The molecule has 0 bridgehead atoms. The van der Waals surface area contributed by atoms with Crippen molar-refractivity contribution in [3.05, 3.63) is 36.2 Å². The van der Waals surface area contributed by atoms with E-state index < -0.39 is 11.7 Å². The first-order chi connectivity index (χ1) is 9.44. The van der Waals surface area contributed by atoms with Gasteiger partial charge in [-0.05, 0) is 20.8 Å². The molecule has 7 nitrogen and oxygen atoms in total. The largest absolute Gasteiger partial charge is 0.444 e. The summed E-state index contributed by atoms with van der Waals surface area (Å²) >= 11 is 0. The van der Waals surface area contributed by atoms with Crippen LogP contribution in [0.3, 0.4) is 0 Å². The lowest BCUT2D eigenvalue weighted by molar-refractivity contribution is 0.0522. The summed E-state index contributed by atoms with van der Waals surface area (Å²) in [5.74, 6) is 0. The predicted molar refractivity (Wildman–Crippen MR) is 73.0 cm³/mol. The lowest BCUT2D eigenvalue weighted by atomic mass is 10.2. The van der Waals surface area contributed by atoms with Gasteiger partial charge in [0.25, 0.3) is 0 Å². The number of rotatable bonds is 4. The van der Waals surface area contributed by atoms with Crippen molar-refractivity contribution < 1.29 is 9.53 Å². The number of aromatic nitrogens is 4. The molecule has 108 valence electrons. The summed E-state index contributed by atoms with van der Waals surface area (Å²) in [4.78, 5) is 15.7. The Morgan fingerprint density at radius 3 is 2.90 bits per heavy atom. The van der Waals surface area contributed by atoms with Gasteiger partial charge in [-0.2, -0.15) is 5.10 Å². The molecular weight excluding hydrogens is 258 g/mol. The number of H-pyrrole nitrogens is 1. The number of nitrogens with zero attached hydrogens (tertiary/aromatic N) is 3. The first-order valence-corrected chi connectivity index (χ1v) is 6.37. The number of carbonyl (C=O) groups is 1. The van der Waals surface area contributed by atoms with Crippen LogP contribution in [0.25, 0.3) is 0 Å². The van der Waals surface area contributed by atoms with Crippen LogP contribution >= 0.6 is 0 Å². The van der Waals surface area contributed by atoms with Crippen LogP contribution in [0.2, 0.25) is 0 Å². The fraction of sp³-hybridized carbons (Fsp3) is 0.462. The summed E-state index contributed by atoms with van der Waals surface area (Å²) in [6, 6.07) is 0. The zero-order chi connectivity index (χ0) is 14.6. The van der Waals surface area contributed by atoms with Gasteiger partial charge in [0.15, 0.2) is 0 Å². The molecular formula is C13H19N5O2. The normalized spacial score (nSPS) is 11.3. The number of aromatic amines is 1. The molecule has 0 radical (unpaired) electrons. The molecule has 2 rings (SSSR count). The van der Waals surface area contributed by atoms with Gasteiger partial charge in [-0.15, -0.1) is 0 Å². The Kier molecular flexibility index (Phi) is 4.07. The topological polar surface area (TPSA) is 84.8 Å². The molecule has 0 aliphatic rings. The van der Waals surface area contributed by atoms with Crippen LogP contribution in [0, 0.1) is 0 Å². The molecule has 0 spiro atoms. The van der Waals surface area contributed by atoms with E-state index in [1.54, 1.807) is 18.7 Å². The zero-order valence-corrected chi connectivity index (χ0v) is 11.9. The fourth-order valence-electron chi connectivity index (χ4n) is 1.68. The van der Waals surface area contributed by atoms with Crippen LogP contribution in [0.1, 0.15) is 32.0 Å². The Morgan fingerprint density at radius 2 is 2.25 bits per heavy atom. The van der Waals surface area contributed by atoms with Gasteiger partial charge in [0.1, 0.15) is 5.60 Å². The summed E-state index contributed by atoms with van der Waals surface area (Å²) in [5.41, 5.74) is 1.44. The standard InChI is InChI=1S/C13H19N5O2/c1-13(2,3)20-12(19)15-7-11-6-14-9-18(11)8-10-4-16-17-5-10/h4-6,9H,7-8H2,1-3H3,(H,15,19)(H,16,17). The quantitative estimate of drug-likeness (QED) is 0.890. The van der Waals surface area contributed by atoms with E-state index >= 15 is 0 Å². The van der Waals surface area contributed by atoms with Crippen LogP contribution < -0.4 is 5.32 Å². The predicted octanol–water partition coefficient (Wildman–Crippen LogP) is 1.68. The average molecular weight is 277 g/mol. The van der Waals surface area contributed by atoms with Gasteiger partial charge < -0.3 is 14.6 Å². The van der Waals surface area contributed by atoms with Crippen molar-refractivity contribution in [2.75, 3.05) is 0 Å². The maximum atomic E-state index is 11.6. The minimum Gasteiger partial charge on any atom is -0.444 e. The Labute approximate surface area is 117 Å². The molecule has 2 aromatic heterocycles. The summed E-state index contributed by atoms with van der Waals surface area (Å²) in [6.45, 7) is 6.51. The van der Waals surface area contributed by atoms with Crippen molar-refractivity contribution in [1.29, 1.82) is 0 Å². The van der Waals surface area contributed by atoms with Crippen molar-refractivity contribution in [3.63, 3.8) is 0 Å². The van der Waals surface area contributed by atoms with Gasteiger partial charge in [0.2, 0.25) is 0 Å². The van der Waals surface area contributed by atoms with Gasteiger partial charge in [-0.3, -0.25) is 5.10 Å². The highest BCUT2D eigenvalue weighted by atomic mass is 16.6. The Balaban J connectivity index is 1.91. The number of nitrogens with one attached hydrogen (secondary N) is 2. The molecule has 2 heterocycles. The van der Waals surface area contributed by atoms with Crippen molar-refractivity contribution >= 4 is 6.09 Å². The molecule has 20 heavy (non-hydrogen) atoms. The SMILES string of the molecule is CC(C)(C)OC(=O)NCc1cncn1Cc1cn[nH]c1. The van der Waals surface area contributed by atoms with E-state index in [4.69, 9.17) is 4.74 Å². The lowest BCUT2D eigenvalue weighted by Crippen LogP contribution is -2.32. The van der Waals surface area contributed by atoms with Gasteiger partial charge in [0, 0.05) is 18.0 Å². The van der Waals surface area contributed by atoms with Crippen LogP contribution in [0.5, 0.6) is 0 Å². The summed E-state index contributed by atoms with van der Waals surface area (Å²) in [6.07, 6.45) is 6.58. The maximum absolute atomic E-state index is 11.6. The highest BCUT2D eigenvalue weighted by Gasteiger charge is 2.16. The molecule has 0 saturated heterocycles. The van der Waals surface area contributed by atoms with E-state index in [2.05, 4.69) is 20.5 Å². The number of amides is 1. The van der Waals surface area contributed by atoms with E-state index in [0.29, 0.717) is 13.1 Å². The van der Waals surface area contributed by atoms with E-state index in [1.165, 1.54) is 0 Å². The van der Waals surface area contributed by atoms with Crippen molar-refractivity contribution in [3.8, 4) is 0 Å². The number of hydrogen-bond donors (Lipinski definition) is 2. The van der Waals surface area contributed by atoms with E-state index in [1.807, 2.05) is 31.5 Å². The maximum Gasteiger partial charge on any atom is 0.407 e. The number of imidazole rings is 1. The minimum atomic E-state index is -0.499. The average Bonchev–Trinajstić information content (AvgIpc) is 2.96. The van der Waals surface area contributed by atoms with Crippen LogP contribution in [-0.2, 0) is 17.8 Å². The smallest absolute Gasteiger partial charge is 0.407 e. The van der Waals surface area contributed by atoms with Crippen molar-refractivity contribution in [2.24, 2.45) is 0 Å². The second kappa shape index (κ2) is 5.77. The highest BCUT2D eigenvalue weighted by molar-refractivity contribution is 5.67. The van der Waals surface area contributed by atoms with Crippen molar-refractivity contribution in [1.82, 2.24) is 25.1 Å². The number of ether oxygens (including phenoxy) is 1. The third-order valence-electron chi connectivity index (χ3n) is 2.52. The van der Waals surface area contributed by atoms with Gasteiger partial charge in [0.05, 0.1) is 31.3 Å². The highest BCUT2D eigenvalue weighted by Crippen LogP contribution is 2.08. The molecule has 0 aliphatic heterocycles. The van der Waals surface area contributed by atoms with Crippen LogP contribution in [0.15, 0.2) is 24.9 Å². The summed E-state index contributed by atoms with van der Waals surface area (Å²) in [5, 5.41) is 9.38. The van der Waals surface area contributed by atoms with Gasteiger partial charge in [-0.1, -0.05) is 0 Å². The Hall–Kier alpha value is -2.31. The molecule has 0 aliphatic carbocycles. The Morgan fingerprint density at radius 1 is 1.45 bits per heavy atom. The lowest BCUT2D eigenvalue weighted by Gasteiger charge is -2.19.